The van der Waals surface area contributed by atoms with Gasteiger partial charge in [0.2, 0.25) is 0 Å². The third-order valence-electron chi connectivity index (χ3n) is 2.63. The van der Waals surface area contributed by atoms with E-state index in [-0.39, 0.29) is 29.6 Å². The Morgan fingerprint density at radius 3 is 2.19 bits per heavy atom. The molecule has 0 aromatic heterocycles. The molecule has 1 nitrogen and oxygen atoms in total. The van der Waals surface area contributed by atoms with Gasteiger partial charge in [0.25, 0.3) is 0 Å². The van der Waals surface area contributed by atoms with Gasteiger partial charge in [-0.1, -0.05) is 57.2 Å². The normalized spacial score (nSPS) is 9.56. The summed E-state index contributed by atoms with van der Waals surface area (Å²) in [5, 5.41) is 3.44. The van der Waals surface area contributed by atoms with Crippen LogP contribution in [-0.2, 0) is 0 Å². The van der Waals surface area contributed by atoms with Crippen molar-refractivity contribution in [1.82, 2.24) is 0 Å². The number of nitrogens with one attached hydrogen (secondary N) is 1. The minimum absolute atomic E-state index is 0. The molecule has 0 fully saturated rings. The van der Waals surface area contributed by atoms with Gasteiger partial charge in [0.1, 0.15) is 0 Å². The van der Waals surface area contributed by atoms with E-state index in [4.69, 9.17) is 0 Å². The van der Waals surface area contributed by atoms with E-state index in [2.05, 4.69) is 42.6 Å². The molecule has 0 amide bonds. The molecule has 16 heavy (non-hydrogen) atoms. The number of unbranched alkanes of at least 4 members (excludes halogenated alkanes) is 5. The maximum atomic E-state index is 3.44. The second-order valence-electron chi connectivity index (χ2n) is 4.06. The predicted molar refractivity (Wildman–Crippen MR) is 74.1 cm³/mol. The largest absolute Gasteiger partial charge is 0.385 e. The molecule has 0 aliphatic rings. The Hall–Kier alpha value is 0.0200. The van der Waals surface area contributed by atoms with Gasteiger partial charge in [0.15, 0.2) is 0 Å². The smallest absolute Gasteiger partial charge is 0.0340 e. The molecule has 0 bridgehead atoms. The average Bonchev–Trinajstić information content (AvgIpc) is 2.29. The van der Waals surface area contributed by atoms with Crippen LogP contribution in [0.5, 0.6) is 0 Å². The van der Waals surface area contributed by atoms with Crippen LogP contribution in [0.4, 0.5) is 5.69 Å². The van der Waals surface area contributed by atoms with Crippen LogP contribution in [0.3, 0.4) is 0 Å². The van der Waals surface area contributed by atoms with E-state index in [0.717, 1.165) is 6.54 Å². The zero-order valence-corrected chi connectivity index (χ0v) is 12.8. The molecule has 0 aliphatic carbocycles. The van der Waals surface area contributed by atoms with Crippen molar-refractivity contribution in [1.29, 1.82) is 0 Å². The maximum absolute atomic E-state index is 3.44. The molecule has 2 heteroatoms. The van der Waals surface area contributed by atoms with Crippen LogP contribution in [0.15, 0.2) is 30.3 Å². The zero-order chi connectivity index (χ0) is 10.8. The molecule has 0 aliphatic heterocycles. The molecule has 0 spiro atoms. The first kappa shape index (κ1) is 16.0. The van der Waals surface area contributed by atoms with E-state index in [1.807, 2.05) is 0 Å². The molecule has 1 N–H and O–H groups in total. The summed E-state index contributed by atoms with van der Waals surface area (Å²) < 4.78 is 0. The molecule has 1 rings (SSSR count). The Morgan fingerprint density at radius 1 is 0.875 bits per heavy atom. The van der Waals surface area contributed by atoms with Crippen molar-refractivity contribution in [3.05, 3.63) is 30.3 Å². The molecule has 85 valence electrons. The van der Waals surface area contributed by atoms with Crippen LogP contribution in [0.25, 0.3) is 0 Å². The minimum Gasteiger partial charge on any atom is -0.385 e. The van der Waals surface area contributed by atoms with Gasteiger partial charge < -0.3 is 5.32 Å². The van der Waals surface area contributed by atoms with E-state index >= 15 is 0 Å². The summed E-state index contributed by atoms with van der Waals surface area (Å²) >= 11 is 0. The fourth-order valence-electron chi connectivity index (χ4n) is 1.69. The van der Waals surface area contributed by atoms with Crippen LogP contribution in [-0.4, -0.2) is 36.1 Å². The van der Waals surface area contributed by atoms with Gasteiger partial charge >= 0.3 is 0 Å². The Balaban J connectivity index is 0.00000225. The van der Waals surface area contributed by atoms with E-state index in [0.29, 0.717) is 0 Å². The molecule has 0 unspecified atom stereocenters. The van der Waals surface area contributed by atoms with Gasteiger partial charge in [-0.25, -0.2) is 0 Å². The summed E-state index contributed by atoms with van der Waals surface area (Å²) in [6.07, 6.45) is 8.18. The SMILES string of the molecule is CCCCCCCCNc1ccccc1.[Na]. The standard InChI is InChI=1S/C14H23N.Na/c1-2-3-4-5-6-10-13-15-14-11-8-7-9-12-14;/h7-9,11-12,15H,2-6,10,13H2,1H3;. The fourth-order valence-corrected chi connectivity index (χ4v) is 1.69. The third kappa shape index (κ3) is 8.20. The van der Waals surface area contributed by atoms with Crippen LogP contribution in [0.2, 0.25) is 0 Å². The fraction of sp³-hybridized carbons (Fsp3) is 0.571. The van der Waals surface area contributed by atoms with Crippen molar-refractivity contribution >= 4 is 35.2 Å². The second kappa shape index (κ2) is 11.5. The quantitative estimate of drug-likeness (QED) is 0.522. The molecule has 0 heterocycles. The van der Waals surface area contributed by atoms with Gasteiger partial charge in [-0.3, -0.25) is 0 Å². The summed E-state index contributed by atoms with van der Waals surface area (Å²) in [5.41, 5.74) is 1.24. The average molecular weight is 228 g/mol. The second-order valence-corrected chi connectivity index (χ2v) is 4.06. The predicted octanol–water partition coefficient (Wildman–Crippen LogP) is 4.08. The van der Waals surface area contributed by atoms with E-state index in [9.17, 15) is 0 Å². The minimum atomic E-state index is 0. The van der Waals surface area contributed by atoms with Crippen LogP contribution >= 0.6 is 0 Å². The first-order chi connectivity index (χ1) is 7.43. The van der Waals surface area contributed by atoms with Crippen molar-refractivity contribution < 1.29 is 0 Å². The number of para-hydroxylation sites is 1. The Morgan fingerprint density at radius 2 is 1.50 bits per heavy atom. The number of hydrogen-bond acceptors (Lipinski definition) is 1. The first-order valence-electron chi connectivity index (χ1n) is 6.22. The van der Waals surface area contributed by atoms with Crippen molar-refractivity contribution in [3.8, 4) is 0 Å². The Labute approximate surface area is 122 Å². The number of anilines is 1. The molecule has 0 saturated heterocycles. The molecule has 0 atom stereocenters. The maximum Gasteiger partial charge on any atom is 0.0340 e. The van der Waals surface area contributed by atoms with Crippen LogP contribution in [0, 0.1) is 0 Å². The number of rotatable bonds is 8. The summed E-state index contributed by atoms with van der Waals surface area (Å²) in [7, 11) is 0. The number of hydrogen-bond donors (Lipinski definition) is 1. The Kier molecular flexibility index (Phi) is 11.5. The van der Waals surface area contributed by atoms with Crippen molar-refractivity contribution in [2.24, 2.45) is 0 Å². The molecule has 1 aromatic rings. The monoisotopic (exact) mass is 228 g/mol. The summed E-state index contributed by atoms with van der Waals surface area (Å²) in [4.78, 5) is 0. The van der Waals surface area contributed by atoms with Gasteiger partial charge in [-0.2, -0.15) is 0 Å². The van der Waals surface area contributed by atoms with Gasteiger partial charge in [0.05, 0.1) is 0 Å². The van der Waals surface area contributed by atoms with Crippen LogP contribution in [0.1, 0.15) is 45.4 Å². The Bertz CT molecular complexity index is 236. The third-order valence-corrected chi connectivity index (χ3v) is 2.63. The zero-order valence-electron chi connectivity index (χ0n) is 10.8. The molecular formula is C14H23NNa. The molecule has 1 radical (unpaired) electrons. The van der Waals surface area contributed by atoms with Gasteiger partial charge in [-0.15, -0.1) is 0 Å². The molecular weight excluding hydrogens is 205 g/mol. The van der Waals surface area contributed by atoms with Gasteiger partial charge in [0, 0.05) is 41.8 Å². The molecule has 0 saturated carbocycles. The van der Waals surface area contributed by atoms with Crippen molar-refractivity contribution in [2.75, 3.05) is 11.9 Å². The van der Waals surface area contributed by atoms with Gasteiger partial charge in [-0.05, 0) is 18.6 Å². The first-order valence-corrected chi connectivity index (χ1v) is 6.22. The topological polar surface area (TPSA) is 12.0 Å². The van der Waals surface area contributed by atoms with E-state index in [1.165, 1.54) is 44.2 Å². The summed E-state index contributed by atoms with van der Waals surface area (Å²) in [6, 6.07) is 10.4. The van der Waals surface area contributed by atoms with Crippen LogP contribution < -0.4 is 5.32 Å². The van der Waals surface area contributed by atoms with Crippen molar-refractivity contribution in [2.45, 2.75) is 45.4 Å². The summed E-state index contributed by atoms with van der Waals surface area (Å²) in [5.74, 6) is 0. The van der Waals surface area contributed by atoms with E-state index < -0.39 is 0 Å². The molecule has 1 aromatic carbocycles. The van der Waals surface area contributed by atoms with Crippen molar-refractivity contribution in [3.63, 3.8) is 0 Å². The number of benzene rings is 1. The summed E-state index contributed by atoms with van der Waals surface area (Å²) in [6.45, 7) is 3.37. The van der Waals surface area contributed by atoms with E-state index in [1.54, 1.807) is 0 Å².